The first-order valence-corrected chi connectivity index (χ1v) is 9.77. The summed E-state index contributed by atoms with van der Waals surface area (Å²) in [4.78, 5) is 16.2. The highest BCUT2D eigenvalue weighted by atomic mass is 32.2. The first-order valence-electron chi connectivity index (χ1n) is 8.54. The van der Waals surface area contributed by atoms with E-state index in [1.165, 1.54) is 0 Å². The zero-order chi connectivity index (χ0) is 18.1. The van der Waals surface area contributed by atoms with Crippen molar-refractivity contribution in [2.75, 3.05) is 11.2 Å². The largest absolute Gasteiger partial charge is 0.275 e. The first-order chi connectivity index (χ1) is 12.7. The molecule has 3 aromatic rings. The van der Waals surface area contributed by atoms with E-state index in [1.807, 2.05) is 59.7 Å². The Labute approximate surface area is 158 Å². The van der Waals surface area contributed by atoms with E-state index in [2.05, 4.69) is 37.3 Å². The number of anilines is 1. The van der Waals surface area contributed by atoms with Gasteiger partial charge in [-0.25, -0.2) is 0 Å². The lowest BCUT2D eigenvalue weighted by atomic mass is 10.0. The molecule has 0 atom stereocenters. The van der Waals surface area contributed by atoms with Gasteiger partial charge in [0.2, 0.25) is 0 Å². The normalized spacial score (nSPS) is 14.8. The summed E-state index contributed by atoms with van der Waals surface area (Å²) < 4.78 is 0. The Morgan fingerprint density at radius 3 is 2.38 bits per heavy atom. The molecule has 0 saturated carbocycles. The maximum Gasteiger partial charge on any atom is 0.263 e. The van der Waals surface area contributed by atoms with Crippen LogP contribution < -0.4 is 4.90 Å². The molecule has 0 aliphatic carbocycles. The minimum Gasteiger partial charge on any atom is -0.275 e. The van der Waals surface area contributed by atoms with Crippen LogP contribution in [0.4, 0.5) is 5.69 Å². The van der Waals surface area contributed by atoms with Crippen molar-refractivity contribution in [3.05, 3.63) is 95.1 Å². The van der Waals surface area contributed by atoms with Crippen molar-refractivity contribution in [1.29, 1.82) is 0 Å². The maximum atomic E-state index is 13.3. The Bertz CT molecular complexity index is 1010. The highest BCUT2D eigenvalue weighted by molar-refractivity contribution is 7.98. The number of fused-ring (bicyclic) bond motifs is 1. The standard InChI is InChI=1S/C23H19NOS/c1-16-12-13-18-19(14-16)21(15-17-8-4-3-5-9-17)24(23(18)25)20-10-6-7-11-22(20)26-2/h3-15H,1-2H3. The van der Waals surface area contributed by atoms with Gasteiger partial charge in [-0.15, -0.1) is 11.8 Å². The van der Waals surface area contributed by atoms with Gasteiger partial charge in [-0.3, -0.25) is 9.69 Å². The lowest BCUT2D eigenvalue weighted by Gasteiger charge is -2.21. The molecular formula is C23H19NOS. The molecule has 128 valence electrons. The second-order valence-corrected chi connectivity index (χ2v) is 7.15. The van der Waals surface area contributed by atoms with Crippen molar-refractivity contribution in [2.24, 2.45) is 0 Å². The third-order valence-corrected chi connectivity index (χ3v) is 5.34. The van der Waals surface area contributed by atoms with Crippen LogP contribution in [0, 0.1) is 6.92 Å². The Morgan fingerprint density at radius 2 is 1.62 bits per heavy atom. The fourth-order valence-electron chi connectivity index (χ4n) is 3.31. The molecule has 1 heterocycles. The van der Waals surface area contributed by atoms with Gasteiger partial charge >= 0.3 is 0 Å². The van der Waals surface area contributed by atoms with Crippen LogP contribution in [0.5, 0.6) is 0 Å². The van der Waals surface area contributed by atoms with Gasteiger partial charge in [0.15, 0.2) is 0 Å². The predicted molar refractivity (Wildman–Crippen MR) is 111 cm³/mol. The monoisotopic (exact) mass is 357 g/mol. The summed E-state index contributed by atoms with van der Waals surface area (Å²) in [5.41, 5.74) is 5.85. The van der Waals surface area contributed by atoms with Crippen molar-refractivity contribution < 1.29 is 4.79 Å². The SMILES string of the molecule is CSc1ccccc1N1C(=O)c2ccc(C)cc2C1=Cc1ccccc1. The van der Waals surface area contributed by atoms with E-state index in [1.54, 1.807) is 11.8 Å². The van der Waals surface area contributed by atoms with E-state index in [0.717, 1.165) is 38.5 Å². The van der Waals surface area contributed by atoms with Gasteiger partial charge in [0.25, 0.3) is 5.91 Å². The van der Waals surface area contributed by atoms with Gasteiger partial charge in [-0.1, -0.05) is 54.1 Å². The molecule has 1 aliphatic heterocycles. The molecule has 1 amide bonds. The van der Waals surface area contributed by atoms with Gasteiger partial charge < -0.3 is 0 Å². The van der Waals surface area contributed by atoms with Gasteiger partial charge in [-0.05, 0) is 49.1 Å². The summed E-state index contributed by atoms with van der Waals surface area (Å²) in [6, 6.07) is 24.3. The third-order valence-electron chi connectivity index (χ3n) is 4.55. The number of hydrogen-bond acceptors (Lipinski definition) is 2. The first kappa shape index (κ1) is 16.7. The lowest BCUT2D eigenvalue weighted by molar-refractivity contribution is 0.101. The molecule has 3 aromatic carbocycles. The van der Waals surface area contributed by atoms with Crippen molar-refractivity contribution >= 4 is 35.1 Å². The average molecular weight is 357 g/mol. The van der Waals surface area contributed by atoms with E-state index in [0.29, 0.717) is 0 Å². The summed E-state index contributed by atoms with van der Waals surface area (Å²) in [6.07, 6.45) is 4.14. The number of amides is 1. The summed E-state index contributed by atoms with van der Waals surface area (Å²) in [7, 11) is 0. The molecule has 0 spiro atoms. The molecule has 26 heavy (non-hydrogen) atoms. The summed E-state index contributed by atoms with van der Waals surface area (Å²) in [6.45, 7) is 2.06. The van der Waals surface area contributed by atoms with Crippen molar-refractivity contribution in [1.82, 2.24) is 0 Å². The van der Waals surface area contributed by atoms with Crippen LogP contribution in [0.25, 0.3) is 11.8 Å². The van der Waals surface area contributed by atoms with Crippen LogP contribution in [0.3, 0.4) is 0 Å². The van der Waals surface area contributed by atoms with Crippen LogP contribution in [-0.4, -0.2) is 12.2 Å². The van der Waals surface area contributed by atoms with Crippen LogP contribution >= 0.6 is 11.8 Å². The fourth-order valence-corrected chi connectivity index (χ4v) is 3.89. The smallest absolute Gasteiger partial charge is 0.263 e. The summed E-state index contributed by atoms with van der Waals surface area (Å²) in [5.74, 6) is 0.0312. The highest BCUT2D eigenvalue weighted by Gasteiger charge is 2.34. The molecule has 4 rings (SSSR count). The highest BCUT2D eigenvalue weighted by Crippen LogP contribution is 2.41. The molecule has 1 aliphatic rings. The van der Waals surface area contributed by atoms with E-state index >= 15 is 0 Å². The van der Waals surface area contributed by atoms with Gasteiger partial charge in [0, 0.05) is 16.0 Å². The number of thioether (sulfide) groups is 1. The molecule has 0 fully saturated rings. The Balaban J connectivity index is 1.95. The van der Waals surface area contributed by atoms with E-state index in [-0.39, 0.29) is 5.91 Å². The van der Waals surface area contributed by atoms with Crippen LogP contribution in [-0.2, 0) is 0 Å². The van der Waals surface area contributed by atoms with Gasteiger partial charge in [0.05, 0.1) is 11.4 Å². The molecule has 0 bridgehead atoms. The Hall–Kier alpha value is -2.78. The lowest BCUT2D eigenvalue weighted by Crippen LogP contribution is -2.22. The molecule has 0 unspecified atom stereocenters. The van der Waals surface area contributed by atoms with Crippen LogP contribution in [0.1, 0.15) is 27.0 Å². The summed E-state index contributed by atoms with van der Waals surface area (Å²) in [5, 5.41) is 0. The Morgan fingerprint density at radius 1 is 0.885 bits per heavy atom. The van der Waals surface area contributed by atoms with E-state index < -0.39 is 0 Å². The van der Waals surface area contributed by atoms with Gasteiger partial charge in [-0.2, -0.15) is 0 Å². The number of carbonyl (C=O) groups excluding carboxylic acids is 1. The Kier molecular flexibility index (Phi) is 4.39. The van der Waals surface area contributed by atoms with E-state index in [4.69, 9.17) is 0 Å². The minimum absolute atomic E-state index is 0.0312. The second-order valence-electron chi connectivity index (χ2n) is 6.30. The van der Waals surface area contributed by atoms with Crippen molar-refractivity contribution in [2.45, 2.75) is 11.8 Å². The van der Waals surface area contributed by atoms with E-state index in [9.17, 15) is 4.79 Å². The maximum absolute atomic E-state index is 13.3. The molecule has 0 N–H and O–H groups in total. The average Bonchev–Trinajstić information content (AvgIpc) is 2.93. The summed E-state index contributed by atoms with van der Waals surface area (Å²) >= 11 is 1.65. The molecule has 0 aromatic heterocycles. The minimum atomic E-state index is 0.0312. The van der Waals surface area contributed by atoms with Crippen LogP contribution in [0.15, 0.2) is 77.7 Å². The number of hydrogen-bond donors (Lipinski definition) is 0. The number of para-hydroxylation sites is 1. The van der Waals surface area contributed by atoms with Crippen molar-refractivity contribution in [3.63, 3.8) is 0 Å². The zero-order valence-corrected chi connectivity index (χ0v) is 15.6. The van der Waals surface area contributed by atoms with Crippen LogP contribution in [0.2, 0.25) is 0 Å². The molecule has 0 saturated heterocycles. The molecule has 3 heteroatoms. The van der Waals surface area contributed by atoms with Gasteiger partial charge in [0.1, 0.15) is 0 Å². The quantitative estimate of drug-likeness (QED) is 0.546. The predicted octanol–water partition coefficient (Wildman–Crippen LogP) is 5.88. The third kappa shape index (κ3) is 2.85. The molecule has 0 radical (unpaired) electrons. The number of carbonyl (C=O) groups is 1. The number of nitrogens with zero attached hydrogens (tertiary/aromatic N) is 1. The topological polar surface area (TPSA) is 20.3 Å². The fraction of sp³-hybridized carbons (Fsp3) is 0.0870. The number of rotatable bonds is 3. The second kappa shape index (κ2) is 6.85. The molecule has 2 nitrogen and oxygen atoms in total. The molecular weight excluding hydrogens is 338 g/mol. The van der Waals surface area contributed by atoms with Crippen molar-refractivity contribution in [3.8, 4) is 0 Å². The zero-order valence-electron chi connectivity index (χ0n) is 14.8. The number of aryl methyl sites for hydroxylation is 1. The number of benzene rings is 3.